The van der Waals surface area contributed by atoms with Crippen molar-refractivity contribution in [3.8, 4) is 0 Å². The topological polar surface area (TPSA) is 51.8 Å². The van der Waals surface area contributed by atoms with E-state index in [-0.39, 0.29) is 0 Å². The highest BCUT2D eigenvalue weighted by Gasteiger charge is 2.29. The van der Waals surface area contributed by atoms with Crippen molar-refractivity contribution in [3.63, 3.8) is 0 Å². The second-order valence-corrected chi connectivity index (χ2v) is 5.51. The maximum Gasteiger partial charge on any atom is 0.115 e. The standard InChI is InChI=1S/C14H21N3/c15-12(10-6-7-10)8-14-11-4-2-1-3-5-13(11)16-9-17-14/h9-10,12H,1-8,15H2. The van der Waals surface area contributed by atoms with Crippen LogP contribution in [0.25, 0.3) is 0 Å². The van der Waals surface area contributed by atoms with Gasteiger partial charge >= 0.3 is 0 Å². The lowest BCUT2D eigenvalue weighted by Crippen LogP contribution is -2.26. The number of aryl methyl sites for hydroxylation is 1. The third kappa shape index (κ3) is 2.49. The van der Waals surface area contributed by atoms with Gasteiger partial charge in [-0.3, -0.25) is 0 Å². The van der Waals surface area contributed by atoms with Crippen molar-refractivity contribution in [2.24, 2.45) is 11.7 Å². The van der Waals surface area contributed by atoms with Crippen LogP contribution in [0.4, 0.5) is 0 Å². The molecule has 1 atom stereocenters. The second-order valence-electron chi connectivity index (χ2n) is 5.51. The molecule has 2 N–H and O–H groups in total. The summed E-state index contributed by atoms with van der Waals surface area (Å²) in [6.07, 6.45) is 11.5. The zero-order chi connectivity index (χ0) is 11.7. The molecule has 92 valence electrons. The Hall–Kier alpha value is -0.960. The number of nitrogens with zero attached hydrogens (tertiary/aromatic N) is 2. The minimum Gasteiger partial charge on any atom is -0.327 e. The van der Waals surface area contributed by atoms with Crippen molar-refractivity contribution in [1.29, 1.82) is 0 Å². The molecule has 0 spiro atoms. The number of aromatic nitrogens is 2. The molecule has 1 unspecified atom stereocenters. The van der Waals surface area contributed by atoms with E-state index < -0.39 is 0 Å². The summed E-state index contributed by atoms with van der Waals surface area (Å²) in [6.45, 7) is 0. The quantitative estimate of drug-likeness (QED) is 0.810. The monoisotopic (exact) mass is 231 g/mol. The first-order chi connectivity index (χ1) is 8.34. The van der Waals surface area contributed by atoms with Crippen molar-refractivity contribution < 1.29 is 0 Å². The molecule has 3 rings (SSSR count). The SMILES string of the molecule is NC(Cc1ncnc2c1CCCCC2)C1CC1. The molecule has 0 aromatic carbocycles. The van der Waals surface area contributed by atoms with Crippen LogP contribution < -0.4 is 5.73 Å². The zero-order valence-electron chi connectivity index (χ0n) is 10.4. The molecule has 0 amide bonds. The molecule has 3 heteroatoms. The molecule has 1 fully saturated rings. The highest BCUT2D eigenvalue weighted by atomic mass is 14.9. The fourth-order valence-corrected chi connectivity index (χ4v) is 2.86. The molecule has 1 aromatic heterocycles. The number of hydrogen-bond donors (Lipinski definition) is 1. The van der Waals surface area contributed by atoms with E-state index in [0.29, 0.717) is 6.04 Å². The Balaban J connectivity index is 1.82. The summed E-state index contributed by atoms with van der Waals surface area (Å²) < 4.78 is 0. The van der Waals surface area contributed by atoms with Gasteiger partial charge in [-0.25, -0.2) is 9.97 Å². The van der Waals surface area contributed by atoms with E-state index >= 15 is 0 Å². The summed E-state index contributed by atoms with van der Waals surface area (Å²) >= 11 is 0. The molecule has 1 saturated carbocycles. The van der Waals surface area contributed by atoms with Gasteiger partial charge in [-0.05, 0) is 50.0 Å². The summed E-state index contributed by atoms with van der Waals surface area (Å²) in [5, 5.41) is 0. The van der Waals surface area contributed by atoms with E-state index in [2.05, 4.69) is 9.97 Å². The molecule has 17 heavy (non-hydrogen) atoms. The van der Waals surface area contributed by atoms with Gasteiger partial charge in [0.1, 0.15) is 6.33 Å². The Morgan fingerprint density at radius 2 is 2.00 bits per heavy atom. The molecule has 2 aliphatic rings. The van der Waals surface area contributed by atoms with Crippen LogP contribution in [0, 0.1) is 5.92 Å². The first-order valence-corrected chi connectivity index (χ1v) is 6.92. The van der Waals surface area contributed by atoms with E-state index in [1.807, 2.05) is 0 Å². The Morgan fingerprint density at radius 3 is 2.82 bits per heavy atom. The molecular weight excluding hydrogens is 210 g/mol. The molecule has 0 bridgehead atoms. The van der Waals surface area contributed by atoms with Crippen molar-refractivity contribution in [3.05, 3.63) is 23.3 Å². The van der Waals surface area contributed by atoms with E-state index in [0.717, 1.165) is 25.2 Å². The number of hydrogen-bond acceptors (Lipinski definition) is 3. The van der Waals surface area contributed by atoms with Crippen molar-refractivity contribution in [2.75, 3.05) is 0 Å². The van der Waals surface area contributed by atoms with Gasteiger partial charge in [0.05, 0.1) is 0 Å². The van der Waals surface area contributed by atoms with Crippen molar-refractivity contribution >= 4 is 0 Å². The molecule has 0 saturated heterocycles. The van der Waals surface area contributed by atoms with Crippen LogP contribution in [-0.4, -0.2) is 16.0 Å². The predicted molar refractivity (Wildman–Crippen MR) is 67.7 cm³/mol. The van der Waals surface area contributed by atoms with Crippen molar-refractivity contribution in [1.82, 2.24) is 9.97 Å². The van der Waals surface area contributed by atoms with Crippen LogP contribution in [-0.2, 0) is 19.3 Å². The van der Waals surface area contributed by atoms with Gasteiger partial charge in [-0.15, -0.1) is 0 Å². The van der Waals surface area contributed by atoms with Crippen LogP contribution in [0.1, 0.15) is 49.1 Å². The molecule has 2 aliphatic carbocycles. The summed E-state index contributed by atoms with van der Waals surface area (Å²) in [5.74, 6) is 0.756. The predicted octanol–water partition coefficient (Wildman–Crippen LogP) is 2.03. The Kier molecular flexibility index (Phi) is 3.10. The maximum atomic E-state index is 6.22. The van der Waals surface area contributed by atoms with E-state index in [9.17, 15) is 0 Å². The van der Waals surface area contributed by atoms with Crippen LogP contribution >= 0.6 is 0 Å². The second kappa shape index (κ2) is 4.73. The average Bonchev–Trinajstić information content (AvgIpc) is 3.16. The molecule has 1 heterocycles. The van der Waals surface area contributed by atoms with Gasteiger partial charge in [0.15, 0.2) is 0 Å². The lowest BCUT2D eigenvalue weighted by Gasteiger charge is -2.14. The highest BCUT2D eigenvalue weighted by Crippen LogP contribution is 2.33. The first-order valence-electron chi connectivity index (χ1n) is 6.92. The Bertz CT molecular complexity index is 398. The lowest BCUT2D eigenvalue weighted by molar-refractivity contribution is 0.578. The zero-order valence-corrected chi connectivity index (χ0v) is 10.4. The maximum absolute atomic E-state index is 6.22. The van der Waals surface area contributed by atoms with Crippen molar-refractivity contribution in [2.45, 2.75) is 57.4 Å². The third-order valence-corrected chi connectivity index (χ3v) is 4.12. The van der Waals surface area contributed by atoms with E-state index in [4.69, 9.17) is 5.73 Å². The minimum atomic E-state index is 0.317. The minimum absolute atomic E-state index is 0.317. The fraction of sp³-hybridized carbons (Fsp3) is 0.714. The summed E-state index contributed by atoms with van der Waals surface area (Å²) in [7, 11) is 0. The summed E-state index contributed by atoms with van der Waals surface area (Å²) in [4.78, 5) is 8.95. The highest BCUT2D eigenvalue weighted by molar-refractivity contribution is 5.27. The Labute approximate surface area is 103 Å². The first kappa shape index (κ1) is 11.1. The fourth-order valence-electron chi connectivity index (χ4n) is 2.86. The number of rotatable bonds is 3. The van der Waals surface area contributed by atoms with Gasteiger partial charge in [0.25, 0.3) is 0 Å². The molecule has 0 aliphatic heterocycles. The van der Waals surface area contributed by atoms with E-state index in [1.165, 1.54) is 49.1 Å². The molecular formula is C14H21N3. The summed E-state index contributed by atoms with van der Waals surface area (Å²) in [6, 6.07) is 0.317. The van der Waals surface area contributed by atoms with Gasteiger partial charge < -0.3 is 5.73 Å². The summed E-state index contributed by atoms with van der Waals surface area (Å²) in [5.41, 5.74) is 10.2. The Morgan fingerprint density at radius 1 is 1.18 bits per heavy atom. The van der Waals surface area contributed by atoms with Crippen LogP contribution in [0.2, 0.25) is 0 Å². The van der Waals surface area contributed by atoms with Crippen LogP contribution in [0.5, 0.6) is 0 Å². The van der Waals surface area contributed by atoms with Gasteiger partial charge in [0, 0.05) is 23.9 Å². The van der Waals surface area contributed by atoms with Crippen LogP contribution in [0.3, 0.4) is 0 Å². The van der Waals surface area contributed by atoms with E-state index in [1.54, 1.807) is 6.33 Å². The third-order valence-electron chi connectivity index (χ3n) is 4.12. The largest absolute Gasteiger partial charge is 0.327 e. The number of nitrogens with two attached hydrogens (primary N) is 1. The average molecular weight is 231 g/mol. The lowest BCUT2D eigenvalue weighted by atomic mass is 9.99. The molecule has 1 aromatic rings. The molecule has 3 nitrogen and oxygen atoms in total. The smallest absolute Gasteiger partial charge is 0.115 e. The van der Waals surface area contributed by atoms with Gasteiger partial charge in [-0.2, -0.15) is 0 Å². The van der Waals surface area contributed by atoms with Gasteiger partial charge in [-0.1, -0.05) is 6.42 Å². The van der Waals surface area contributed by atoms with Crippen LogP contribution in [0.15, 0.2) is 6.33 Å². The van der Waals surface area contributed by atoms with Gasteiger partial charge in [0.2, 0.25) is 0 Å². The number of fused-ring (bicyclic) bond motifs is 1. The normalized spacial score (nSPS) is 21.7. The molecule has 0 radical (unpaired) electrons.